The Bertz CT molecular complexity index is 1090. The fourth-order valence-corrected chi connectivity index (χ4v) is 5.81. The molecule has 0 spiro atoms. The van der Waals surface area contributed by atoms with Crippen molar-refractivity contribution in [2.75, 3.05) is 30.3 Å². The van der Waals surface area contributed by atoms with E-state index < -0.39 is 6.23 Å². The first-order chi connectivity index (χ1) is 15.0. The second-order valence-corrected chi connectivity index (χ2v) is 9.65. The molecule has 164 valence electrons. The number of nitrogens with one attached hydrogen (secondary N) is 2. The highest BCUT2D eigenvalue weighted by atomic mass is 32.1. The van der Waals surface area contributed by atoms with Crippen molar-refractivity contribution in [1.82, 2.24) is 15.6 Å². The van der Waals surface area contributed by atoms with Crippen LogP contribution in [-0.4, -0.2) is 41.8 Å². The topological polar surface area (TPSA) is 86.4 Å². The molecule has 5 N–H and O–H groups in total. The van der Waals surface area contributed by atoms with E-state index >= 15 is 0 Å². The van der Waals surface area contributed by atoms with Gasteiger partial charge in [-0.25, -0.2) is 9.37 Å². The first-order valence-electron chi connectivity index (χ1n) is 10.8. The summed E-state index contributed by atoms with van der Waals surface area (Å²) in [6, 6.07) is 10.3. The molecule has 0 amide bonds. The highest BCUT2D eigenvalue weighted by molar-refractivity contribution is 7.19. The molecule has 8 heteroatoms. The smallest absolute Gasteiger partial charge is 0.146 e. The number of aryl methyl sites for hydroxylation is 1. The number of piperazine rings is 1. The Kier molecular flexibility index (Phi) is 5.56. The second kappa shape index (κ2) is 8.35. The Morgan fingerprint density at radius 3 is 2.81 bits per heavy atom. The number of aliphatic hydroxyl groups is 1. The van der Waals surface area contributed by atoms with E-state index in [-0.39, 0.29) is 5.82 Å². The van der Waals surface area contributed by atoms with Crippen LogP contribution in [0.15, 0.2) is 30.3 Å². The molecular formula is C23H28FN5OS. The summed E-state index contributed by atoms with van der Waals surface area (Å²) in [5.41, 5.74) is 9.29. The molecule has 31 heavy (non-hydrogen) atoms. The number of fused-ring (bicyclic) bond motifs is 3. The third-order valence-corrected chi connectivity index (χ3v) is 7.50. The van der Waals surface area contributed by atoms with Crippen molar-refractivity contribution in [3.05, 3.63) is 52.3 Å². The minimum absolute atomic E-state index is 0.172. The zero-order chi connectivity index (χ0) is 21.5. The van der Waals surface area contributed by atoms with Gasteiger partial charge in [0.25, 0.3) is 0 Å². The molecule has 1 aromatic carbocycles. The van der Waals surface area contributed by atoms with E-state index in [0.29, 0.717) is 41.3 Å². The lowest BCUT2D eigenvalue weighted by molar-refractivity contribution is 0.144. The van der Waals surface area contributed by atoms with Crippen molar-refractivity contribution in [1.29, 1.82) is 0 Å². The van der Waals surface area contributed by atoms with Gasteiger partial charge < -0.3 is 21.1 Å². The van der Waals surface area contributed by atoms with Gasteiger partial charge in [0, 0.05) is 42.8 Å². The molecule has 3 atom stereocenters. The summed E-state index contributed by atoms with van der Waals surface area (Å²) in [5, 5.41) is 18.1. The summed E-state index contributed by atoms with van der Waals surface area (Å²) in [6.45, 7) is 4.18. The van der Waals surface area contributed by atoms with Crippen LogP contribution in [0.2, 0.25) is 0 Å². The van der Waals surface area contributed by atoms with Crippen molar-refractivity contribution < 1.29 is 9.50 Å². The Hall–Kier alpha value is -2.26. The molecule has 2 fully saturated rings. The van der Waals surface area contributed by atoms with Gasteiger partial charge in [-0.2, -0.15) is 0 Å². The third-order valence-electron chi connectivity index (χ3n) is 6.33. The summed E-state index contributed by atoms with van der Waals surface area (Å²) < 4.78 is 14.8. The number of hydrogen-bond donors (Lipinski definition) is 4. The molecule has 5 rings (SSSR count). The van der Waals surface area contributed by atoms with Crippen LogP contribution in [0.3, 0.4) is 0 Å². The lowest BCUT2D eigenvalue weighted by atomic mass is 10.1. The first kappa shape index (κ1) is 20.6. The summed E-state index contributed by atoms with van der Waals surface area (Å²) in [5.74, 6) is -0.172. The van der Waals surface area contributed by atoms with Gasteiger partial charge in [-0.15, -0.1) is 11.3 Å². The van der Waals surface area contributed by atoms with Crippen molar-refractivity contribution in [2.45, 2.75) is 44.5 Å². The van der Waals surface area contributed by atoms with Gasteiger partial charge in [0.05, 0.1) is 16.3 Å². The van der Waals surface area contributed by atoms with Crippen LogP contribution in [0.4, 0.5) is 15.8 Å². The van der Waals surface area contributed by atoms with Gasteiger partial charge in [0.1, 0.15) is 16.9 Å². The number of nitrogen functional groups attached to an aromatic ring is 1. The monoisotopic (exact) mass is 441 g/mol. The molecule has 0 saturated carbocycles. The number of hydrogen-bond acceptors (Lipinski definition) is 7. The fraction of sp³-hybridized carbons (Fsp3) is 0.435. The number of rotatable bonds is 6. The molecular weight excluding hydrogens is 413 g/mol. The van der Waals surface area contributed by atoms with Crippen molar-refractivity contribution in [3.8, 4) is 0 Å². The molecule has 3 aromatic rings. The van der Waals surface area contributed by atoms with Crippen LogP contribution in [0.25, 0.3) is 10.2 Å². The van der Waals surface area contributed by atoms with Crippen molar-refractivity contribution in [2.24, 2.45) is 0 Å². The maximum Gasteiger partial charge on any atom is 0.146 e. The molecule has 2 aromatic heterocycles. The predicted molar refractivity (Wildman–Crippen MR) is 124 cm³/mol. The van der Waals surface area contributed by atoms with Gasteiger partial charge in [0.15, 0.2) is 0 Å². The Balaban J connectivity index is 1.20. The lowest BCUT2D eigenvalue weighted by Crippen LogP contribution is -2.51. The number of anilines is 2. The molecule has 6 nitrogen and oxygen atoms in total. The number of halogens is 1. The number of nitrogens with zero attached hydrogens (tertiary/aromatic N) is 2. The lowest BCUT2D eigenvalue weighted by Gasteiger charge is -2.34. The quantitative estimate of drug-likeness (QED) is 0.440. The van der Waals surface area contributed by atoms with E-state index in [2.05, 4.69) is 20.5 Å². The summed E-state index contributed by atoms with van der Waals surface area (Å²) in [6.07, 6.45) is 2.09. The molecule has 4 heterocycles. The number of pyridine rings is 1. The number of thiophene rings is 1. The average Bonchev–Trinajstić information content (AvgIpc) is 3.26. The van der Waals surface area contributed by atoms with E-state index in [1.165, 1.54) is 24.2 Å². The molecule has 2 aliphatic heterocycles. The van der Waals surface area contributed by atoms with Crippen LogP contribution in [0.5, 0.6) is 0 Å². The van der Waals surface area contributed by atoms with E-state index in [1.807, 2.05) is 31.2 Å². The Labute approximate surface area is 185 Å². The number of aromatic nitrogens is 1. The average molecular weight is 442 g/mol. The van der Waals surface area contributed by atoms with Crippen molar-refractivity contribution >= 4 is 32.9 Å². The highest BCUT2D eigenvalue weighted by Crippen LogP contribution is 2.35. The summed E-state index contributed by atoms with van der Waals surface area (Å²) >= 11 is 1.40. The third kappa shape index (κ3) is 4.13. The summed E-state index contributed by atoms with van der Waals surface area (Å²) in [4.78, 5) is 8.15. The predicted octanol–water partition coefficient (Wildman–Crippen LogP) is 3.09. The SMILES string of the molecule is Cc1ccc2c(N)c(C(O)NCCc3ccc(N4CC5CCC(C4)N5)c(F)c3)sc2n1. The number of benzene rings is 1. The maximum atomic E-state index is 14.8. The molecule has 2 bridgehead atoms. The zero-order valence-corrected chi connectivity index (χ0v) is 18.4. The second-order valence-electron chi connectivity index (χ2n) is 8.62. The van der Waals surface area contributed by atoms with Crippen LogP contribution in [-0.2, 0) is 6.42 Å². The normalized spacial score (nSPS) is 21.7. The Morgan fingerprint density at radius 1 is 1.29 bits per heavy atom. The van der Waals surface area contributed by atoms with Gasteiger partial charge >= 0.3 is 0 Å². The minimum Gasteiger partial charge on any atom is -0.397 e. The van der Waals surface area contributed by atoms with E-state index in [4.69, 9.17) is 5.73 Å². The molecule has 2 aliphatic rings. The zero-order valence-electron chi connectivity index (χ0n) is 17.6. The minimum atomic E-state index is -0.875. The first-order valence-corrected chi connectivity index (χ1v) is 11.7. The highest BCUT2D eigenvalue weighted by Gasteiger charge is 2.33. The summed E-state index contributed by atoms with van der Waals surface area (Å²) in [7, 11) is 0. The largest absolute Gasteiger partial charge is 0.397 e. The maximum absolute atomic E-state index is 14.8. The van der Waals surface area contributed by atoms with Crippen LogP contribution in [0.1, 0.15) is 35.2 Å². The van der Waals surface area contributed by atoms with Crippen molar-refractivity contribution in [3.63, 3.8) is 0 Å². The number of aliphatic hydroxyl groups excluding tert-OH is 1. The van der Waals surface area contributed by atoms with Gasteiger partial charge in [-0.1, -0.05) is 6.07 Å². The van der Waals surface area contributed by atoms with Crippen LogP contribution < -0.4 is 21.3 Å². The van der Waals surface area contributed by atoms with Gasteiger partial charge in [-0.3, -0.25) is 5.32 Å². The van der Waals surface area contributed by atoms with Gasteiger partial charge in [-0.05, 0) is 56.0 Å². The molecule has 0 aliphatic carbocycles. The molecule has 3 unspecified atom stereocenters. The van der Waals surface area contributed by atoms with E-state index in [0.717, 1.165) is 34.6 Å². The number of nitrogens with two attached hydrogens (primary N) is 1. The molecule has 2 saturated heterocycles. The molecule has 0 radical (unpaired) electrons. The van der Waals surface area contributed by atoms with Crippen LogP contribution in [0, 0.1) is 12.7 Å². The van der Waals surface area contributed by atoms with Gasteiger partial charge in [0.2, 0.25) is 0 Å². The van der Waals surface area contributed by atoms with E-state index in [9.17, 15) is 9.50 Å². The van der Waals surface area contributed by atoms with E-state index in [1.54, 1.807) is 6.07 Å². The Morgan fingerprint density at radius 2 is 2.06 bits per heavy atom. The van der Waals surface area contributed by atoms with Crippen LogP contribution >= 0.6 is 11.3 Å². The fourth-order valence-electron chi connectivity index (χ4n) is 4.71. The standard InChI is InChI=1S/C23H28FN5OS/c1-13-2-6-17-20(25)21(31-23(17)27-13)22(30)26-9-8-14-3-7-19(18(24)10-14)29-11-15-4-5-16(12-29)28-15/h2-3,6-7,10,15-16,22,26,28,30H,4-5,8-9,11-12,25H2,1H3.